The van der Waals surface area contributed by atoms with Crippen molar-refractivity contribution in [1.29, 1.82) is 0 Å². The van der Waals surface area contributed by atoms with Crippen molar-refractivity contribution in [2.75, 3.05) is 274 Å². The molecule has 1 aliphatic carbocycles. The highest BCUT2D eigenvalue weighted by Crippen LogP contribution is 2.40. The Bertz CT molecular complexity index is 3540. The first-order valence-corrected chi connectivity index (χ1v) is 52.8. The summed E-state index contributed by atoms with van der Waals surface area (Å²) in [5.74, 6) is 4.25. The Kier molecular flexibility index (Phi) is 48.7. The van der Waals surface area contributed by atoms with E-state index in [1.165, 1.54) is 95.0 Å². The number of rotatable bonds is 22. The van der Waals surface area contributed by atoms with Crippen molar-refractivity contribution in [3.05, 3.63) is 30.1 Å². The largest absolute Gasteiger partial charge is 0.448 e. The molecule has 36 heteroatoms. The van der Waals surface area contributed by atoms with Gasteiger partial charge in [-0.2, -0.15) is 13.2 Å². The average Bonchev–Trinajstić information content (AvgIpc) is 1.74. The molecular weight excluding hydrogens is 1770 g/mol. The number of aromatic nitrogens is 1. The van der Waals surface area contributed by atoms with Crippen LogP contribution in [0.4, 0.5) is 51.1 Å². The van der Waals surface area contributed by atoms with Crippen LogP contribution in [-0.2, 0) is 44.5 Å². The fourth-order valence-electron chi connectivity index (χ4n) is 23.3. The minimum Gasteiger partial charge on any atom is -0.448 e. The summed E-state index contributed by atoms with van der Waals surface area (Å²) in [5, 5.41) is 2.99. The first-order valence-electron chi connectivity index (χ1n) is 52.8. The number of amides is 7. The number of alkyl halides is 4. The number of carbonyl (C=O) groups is 7. The normalized spacial score (nSPS) is 26.2. The Morgan fingerprint density at radius 1 is 0.350 bits per heavy atom. The van der Waals surface area contributed by atoms with E-state index in [1.807, 2.05) is 73.6 Å². The number of hydrogen-bond acceptors (Lipinski definition) is 25. The molecule has 32 nitrogen and oxygen atoms in total. The molecule has 14 saturated heterocycles. The lowest BCUT2D eigenvalue weighted by atomic mass is 9.88. The van der Waals surface area contributed by atoms with Crippen LogP contribution in [0.15, 0.2) is 24.4 Å². The third-order valence-electron chi connectivity index (χ3n) is 31.8. The van der Waals surface area contributed by atoms with Crippen LogP contribution in [0.2, 0.25) is 0 Å². The van der Waals surface area contributed by atoms with Gasteiger partial charge in [0.2, 0.25) is 0 Å². The van der Waals surface area contributed by atoms with E-state index in [0.717, 1.165) is 259 Å². The van der Waals surface area contributed by atoms with Crippen LogP contribution >= 0.6 is 0 Å². The Morgan fingerprint density at radius 2 is 0.628 bits per heavy atom. The minimum atomic E-state index is -4.46. The van der Waals surface area contributed by atoms with Gasteiger partial charge in [0.1, 0.15) is 45.8 Å². The SMILES string of the molecule is CN(C)CCOC(=O)N1CCC[C@H]1C1CCN(C)CC1.CN1CCC([C@@H]2CCCN2C(=O)OC2CCC2)CC1.CN1CCC([C@@H]2CCCN2C(=O)OCC(F)(F)F)CC1.CN1CCC([C@@H]2CCCN2C(=O)OCCF)CC1.CN1CCC([C@@H]2CCCN2C(=O)OCc2ccccn2)CC1.CNCCOC(=O)N1CCC[C@H]1C1CCN(C)CC1.COCCOC(=O)N1CCC[C@H]1C1CCN(C)CC1. The topological polar surface area (TPSA) is 267 Å². The van der Waals surface area contributed by atoms with Gasteiger partial charge in [0.15, 0.2) is 6.61 Å². The molecule has 0 unspecified atom stereocenters. The molecule has 7 atom stereocenters. The smallest absolute Gasteiger partial charge is 0.422 e. The standard InChI is InChI=1S/C17H25N3O2.C15H29N3O2.C15H26N2O2.C14H27N3O2.C14H26N2O3.C13H21F3N2O2.C13H23FN2O2/c1-19-11-7-14(8-12-19)16-6-4-10-20(16)17(21)22-13-15-5-2-3-9-18-15;1-16(2)11-12-20-15(19)18-8-4-5-14(18)13-6-9-17(3)10-7-13;1-16-10-7-12(8-11-16)14-6-3-9-17(14)15(18)19-13-4-2-5-13;1-15-7-11-19-14(18)17-8-3-4-13(17)12-5-9-16(2)10-6-12;1-15-8-5-12(6-9-15)13-4-3-7-16(13)14(17)19-11-10-18-2;1-17-7-4-10(5-8-17)11-3-2-6-18(11)12(19)20-9-13(14,15)16;1-15-8-4-11(5-9-15)12-3-2-7-16(12)13(17)18-10-6-14/h2-3,5,9,14,16H,4,6-8,10-13H2,1H3;13-14H,4-12H2,1-3H3;12-14H,2-11H2,1H3;12-13,15H,3-11H2,1-2H3;12-13H,3-11H2,1-2H3;10-11H,2-9H2,1H3;11-12H,2-10H2,1H3/t16-;2*14-;2*13-;11-;12-/m0000000/s1. The summed E-state index contributed by atoms with van der Waals surface area (Å²) in [6.07, 6.45) is 30.6. The third-order valence-corrected chi connectivity index (χ3v) is 31.8. The van der Waals surface area contributed by atoms with E-state index in [2.05, 4.69) is 98.7 Å². The highest BCUT2D eigenvalue weighted by Gasteiger charge is 2.45. The third kappa shape index (κ3) is 36.9. The summed E-state index contributed by atoms with van der Waals surface area (Å²) in [6, 6.07) is 8.04. The molecule has 16 rings (SSSR count). The molecule has 137 heavy (non-hydrogen) atoms. The quantitative estimate of drug-likeness (QED) is 0.0642. The summed E-state index contributed by atoms with van der Waals surface area (Å²) in [6.45, 7) is 22.6. The van der Waals surface area contributed by atoms with Crippen molar-refractivity contribution < 1.29 is 89.0 Å². The fraction of sp³-hybridized carbons (Fsp3) is 0.881. The first kappa shape index (κ1) is 112. The van der Waals surface area contributed by atoms with Crippen LogP contribution in [0.1, 0.15) is 205 Å². The maximum absolute atomic E-state index is 12.4. The first-order chi connectivity index (χ1) is 66.1. The van der Waals surface area contributed by atoms with Gasteiger partial charge in [-0.05, 0) is 415 Å². The van der Waals surface area contributed by atoms with Crippen molar-refractivity contribution in [2.24, 2.45) is 41.4 Å². The number of methoxy groups -OCH3 is 1. The molecule has 15 aliphatic rings. The second-order valence-corrected chi connectivity index (χ2v) is 41.8. The molecule has 15 heterocycles. The summed E-state index contributed by atoms with van der Waals surface area (Å²) < 4.78 is 89.6. The van der Waals surface area contributed by atoms with Crippen LogP contribution in [0.5, 0.6) is 0 Å². The molecular formula is C101H177F4N17O15. The molecule has 1 N–H and O–H groups in total. The van der Waals surface area contributed by atoms with Gasteiger partial charge < -0.3 is 117 Å². The number of hydrogen-bond donors (Lipinski definition) is 1. The molecule has 15 fully saturated rings. The second-order valence-electron chi connectivity index (χ2n) is 41.8. The number of piperidine rings is 7. The Hall–Kier alpha value is -6.64. The molecule has 0 spiro atoms. The van der Waals surface area contributed by atoms with Crippen molar-refractivity contribution in [3.8, 4) is 0 Å². The van der Waals surface area contributed by atoms with Gasteiger partial charge in [-0.25, -0.2) is 38.0 Å². The maximum Gasteiger partial charge on any atom is 0.422 e. The van der Waals surface area contributed by atoms with Crippen molar-refractivity contribution in [3.63, 3.8) is 0 Å². The van der Waals surface area contributed by atoms with E-state index >= 15 is 0 Å². The molecule has 1 saturated carbocycles. The van der Waals surface area contributed by atoms with Gasteiger partial charge in [0.05, 0.1) is 12.3 Å². The monoisotopic (exact) mass is 1940 g/mol. The average molecular weight is 1950 g/mol. The molecule has 0 radical (unpaired) electrons. The Balaban J connectivity index is 0.000000165. The molecule has 1 aromatic heterocycles. The van der Waals surface area contributed by atoms with Crippen molar-refractivity contribution in [2.45, 2.75) is 260 Å². The van der Waals surface area contributed by atoms with E-state index < -0.39 is 25.6 Å². The zero-order chi connectivity index (χ0) is 98.2. The fourth-order valence-corrected chi connectivity index (χ4v) is 23.3. The maximum atomic E-state index is 12.4. The highest BCUT2D eigenvalue weighted by atomic mass is 19.4. The Morgan fingerprint density at radius 3 is 0.883 bits per heavy atom. The summed E-state index contributed by atoms with van der Waals surface area (Å²) in [7, 11) is 22.5. The zero-order valence-corrected chi connectivity index (χ0v) is 85.6. The van der Waals surface area contributed by atoms with Crippen LogP contribution in [-0.4, -0.2) is 450 Å². The molecule has 14 aliphatic heterocycles. The number of ether oxygens (including phenoxy) is 8. The number of nitrogens with zero attached hydrogens (tertiary/aromatic N) is 16. The molecule has 0 aromatic carbocycles. The summed E-state index contributed by atoms with van der Waals surface area (Å²) in [5.41, 5.74) is 0.797. The lowest BCUT2D eigenvalue weighted by Crippen LogP contribution is -2.45. The predicted octanol–water partition coefficient (Wildman–Crippen LogP) is 13.6. The van der Waals surface area contributed by atoms with Gasteiger partial charge in [0, 0.05) is 115 Å². The molecule has 7 amide bonds. The highest BCUT2D eigenvalue weighted by molar-refractivity contribution is 5.71. The van der Waals surface area contributed by atoms with Crippen LogP contribution in [0, 0.1) is 41.4 Å². The zero-order valence-electron chi connectivity index (χ0n) is 85.6. The van der Waals surface area contributed by atoms with Gasteiger partial charge in [-0.3, -0.25) is 4.98 Å². The van der Waals surface area contributed by atoms with Crippen molar-refractivity contribution in [1.82, 2.24) is 83.8 Å². The van der Waals surface area contributed by atoms with E-state index in [1.54, 1.807) is 13.3 Å². The van der Waals surface area contributed by atoms with E-state index in [-0.39, 0.29) is 61.9 Å². The minimum absolute atomic E-state index is 0.0360. The summed E-state index contributed by atoms with van der Waals surface area (Å²) in [4.78, 5) is 121. The predicted molar refractivity (Wildman–Crippen MR) is 521 cm³/mol. The van der Waals surface area contributed by atoms with E-state index in [0.29, 0.717) is 111 Å². The van der Waals surface area contributed by atoms with Gasteiger partial charge in [-0.15, -0.1) is 0 Å². The second kappa shape index (κ2) is 59.4. The van der Waals surface area contributed by atoms with Gasteiger partial charge in [-0.1, -0.05) is 6.07 Å². The number of nitrogens with one attached hydrogen (secondary N) is 1. The lowest BCUT2D eigenvalue weighted by molar-refractivity contribution is -0.162. The van der Waals surface area contributed by atoms with Crippen LogP contribution in [0.3, 0.4) is 0 Å². The van der Waals surface area contributed by atoms with Crippen molar-refractivity contribution >= 4 is 42.7 Å². The van der Waals surface area contributed by atoms with E-state index in [9.17, 15) is 51.1 Å². The van der Waals surface area contributed by atoms with Crippen LogP contribution in [0.25, 0.3) is 0 Å². The van der Waals surface area contributed by atoms with Crippen LogP contribution < -0.4 is 5.32 Å². The number of halogens is 4. The number of pyridine rings is 1. The summed E-state index contributed by atoms with van der Waals surface area (Å²) >= 11 is 0. The van der Waals surface area contributed by atoms with Gasteiger partial charge in [0.25, 0.3) is 0 Å². The molecule has 1 aromatic rings. The molecule has 784 valence electrons. The van der Waals surface area contributed by atoms with E-state index in [4.69, 9.17) is 33.2 Å². The van der Waals surface area contributed by atoms with Gasteiger partial charge >= 0.3 is 48.8 Å². The number of likely N-dealkylation sites (N-methyl/N-ethyl adjacent to an activating group) is 2. The lowest BCUT2D eigenvalue weighted by Gasteiger charge is -2.37. The number of likely N-dealkylation sites (tertiary alicyclic amines) is 14. The number of carbonyl (C=O) groups excluding carboxylic acids is 7. The Labute approximate surface area is 817 Å². The molecule has 0 bridgehead atoms.